The van der Waals surface area contributed by atoms with E-state index in [9.17, 15) is 31.5 Å². The molecule has 10 heteroatoms. The number of benzene rings is 2. The third kappa shape index (κ3) is 5.15. The Bertz CT molecular complexity index is 1100. The molecule has 0 fully saturated rings. The number of aryl methyl sites for hydroxylation is 1. The summed E-state index contributed by atoms with van der Waals surface area (Å²) in [5, 5.41) is 0. The predicted octanol–water partition coefficient (Wildman–Crippen LogP) is 3.36. The second-order valence-electron chi connectivity index (χ2n) is 7.44. The molecule has 3 rings (SSSR count). The molecule has 0 radical (unpaired) electrons. The van der Waals surface area contributed by atoms with Crippen LogP contribution in [-0.4, -0.2) is 79.8 Å². The molecular formula is C21H16F5N2O2Rb. The average Bonchev–Trinajstić information content (AvgIpc) is 2.75. The van der Waals surface area contributed by atoms with Gasteiger partial charge in [0.15, 0.2) is 0 Å². The van der Waals surface area contributed by atoms with Crippen LogP contribution >= 0.6 is 0 Å². The van der Waals surface area contributed by atoms with Crippen molar-refractivity contribution in [3.8, 4) is 0 Å². The van der Waals surface area contributed by atoms with Crippen LogP contribution in [0.3, 0.4) is 0 Å². The van der Waals surface area contributed by atoms with E-state index in [0.29, 0.717) is 10.3 Å². The van der Waals surface area contributed by atoms with Gasteiger partial charge in [-0.1, -0.05) is 0 Å². The number of hydrogen-bond donors (Lipinski definition) is 1. The summed E-state index contributed by atoms with van der Waals surface area (Å²) in [6.07, 6.45) is -5.05. The van der Waals surface area contributed by atoms with Crippen LogP contribution in [0, 0.1) is 6.92 Å². The Kier molecular flexibility index (Phi) is 6.91. The minimum absolute atomic E-state index is 0.00634. The molecule has 2 N–H and O–H groups in total. The van der Waals surface area contributed by atoms with Crippen LogP contribution in [0.15, 0.2) is 42.5 Å². The molecule has 2 aromatic carbocycles. The second-order valence-corrected chi connectivity index (χ2v) is 10.3. The summed E-state index contributed by atoms with van der Waals surface area (Å²) < 4.78 is 71.0. The van der Waals surface area contributed by atoms with Gasteiger partial charge in [-0.15, -0.1) is 0 Å². The van der Waals surface area contributed by atoms with E-state index in [4.69, 9.17) is 5.73 Å². The summed E-state index contributed by atoms with van der Waals surface area (Å²) >= 11 is -0.223. The van der Waals surface area contributed by atoms with Crippen molar-refractivity contribution in [2.75, 3.05) is 11.4 Å². The minimum atomic E-state index is -4.77. The second kappa shape index (κ2) is 8.84. The number of fused-ring (bicyclic) bond motifs is 1. The molecule has 0 saturated heterocycles. The molecule has 0 saturated carbocycles. The van der Waals surface area contributed by atoms with E-state index in [0.717, 1.165) is 17.0 Å². The number of nitrogens with two attached hydrogens (primary N) is 1. The first-order chi connectivity index (χ1) is 14.3. The zero-order valence-corrected chi connectivity index (χ0v) is 21.6. The molecule has 0 unspecified atom stereocenters. The first-order valence-electron chi connectivity index (χ1n) is 9.31. The van der Waals surface area contributed by atoms with E-state index in [-0.39, 0.29) is 66.8 Å². The molecule has 2 amide bonds. The number of amides is 2. The zero-order chi connectivity index (χ0) is 23.1. The molecule has 1 heterocycles. The number of rotatable bonds is 2. The van der Waals surface area contributed by atoms with Crippen LogP contribution in [0.5, 0.6) is 0 Å². The number of allylic oxidation sites excluding steroid dienone is 1. The first kappa shape index (κ1) is 24.2. The number of carbonyl (C=O) groups excluding carboxylic acids is 2. The molecule has 0 spiro atoms. The monoisotopic (exact) mass is 508 g/mol. The Morgan fingerprint density at radius 1 is 1.16 bits per heavy atom. The summed E-state index contributed by atoms with van der Waals surface area (Å²) in [7, 11) is 0. The number of nitrogens with zero attached hydrogens (tertiary/aromatic N) is 1. The van der Waals surface area contributed by atoms with Crippen LogP contribution in [0.2, 0.25) is 0 Å². The fourth-order valence-corrected chi connectivity index (χ4v) is 4.69. The van der Waals surface area contributed by atoms with Gasteiger partial charge in [0.25, 0.3) is 0 Å². The van der Waals surface area contributed by atoms with Crippen molar-refractivity contribution < 1.29 is 31.5 Å². The number of alkyl halides is 5. The molecular weight excluding hydrogens is 493 g/mol. The van der Waals surface area contributed by atoms with Gasteiger partial charge < -0.3 is 0 Å². The summed E-state index contributed by atoms with van der Waals surface area (Å²) in [6, 6.07) is 7.77. The predicted molar refractivity (Wildman–Crippen MR) is 106 cm³/mol. The molecule has 4 nitrogen and oxygen atoms in total. The van der Waals surface area contributed by atoms with Crippen molar-refractivity contribution >= 4 is 77.2 Å². The van der Waals surface area contributed by atoms with Crippen LogP contribution in [0.4, 0.5) is 27.6 Å². The number of anilines is 1. The zero-order valence-electron chi connectivity index (χ0n) is 16.7. The van der Waals surface area contributed by atoms with Gasteiger partial charge in [-0.25, -0.2) is 0 Å². The quantitative estimate of drug-likeness (QED) is 0.499. The maximum absolute atomic E-state index is 14.9. The van der Waals surface area contributed by atoms with Crippen molar-refractivity contribution in [1.29, 1.82) is 0 Å². The summed E-state index contributed by atoms with van der Waals surface area (Å²) in [5.74, 6) is -5.64. The van der Waals surface area contributed by atoms with Crippen LogP contribution < -0.4 is 9.27 Å². The van der Waals surface area contributed by atoms with Crippen molar-refractivity contribution in [2.45, 2.75) is 25.4 Å². The van der Waals surface area contributed by atoms with Crippen molar-refractivity contribution in [2.24, 2.45) is 5.73 Å². The molecule has 158 valence electrons. The maximum atomic E-state index is 14.9. The normalized spacial score (nSPS) is 17.3. The van der Waals surface area contributed by atoms with Crippen LogP contribution in [-0.2, 0) is 11.0 Å². The van der Waals surface area contributed by atoms with E-state index in [1.807, 2.05) is 0 Å². The molecule has 0 atom stereocenters. The van der Waals surface area contributed by atoms with E-state index < -0.39 is 53.6 Å². The van der Waals surface area contributed by atoms with Crippen molar-refractivity contribution in [1.82, 2.24) is 0 Å². The molecule has 2 aromatic rings. The molecule has 1 aliphatic heterocycles. The Hall–Kier alpha value is -1.42. The summed E-state index contributed by atoms with van der Waals surface area (Å²) in [4.78, 5) is 25.5. The average molecular weight is 509 g/mol. The van der Waals surface area contributed by atoms with Gasteiger partial charge in [0.05, 0.1) is 0 Å². The molecule has 31 heavy (non-hydrogen) atoms. The topological polar surface area (TPSA) is 63.4 Å². The summed E-state index contributed by atoms with van der Waals surface area (Å²) in [5.41, 5.74) is 3.19. The number of hydrogen-bond acceptors (Lipinski definition) is 2. The molecule has 1 aliphatic rings. The number of primary amides is 1. The van der Waals surface area contributed by atoms with Crippen LogP contribution in [0.25, 0.3) is 5.57 Å². The van der Waals surface area contributed by atoms with Gasteiger partial charge in [-0.2, -0.15) is 0 Å². The first-order valence-corrected chi connectivity index (χ1v) is 11.8. The van der Waals surface area contributed by atoms with Gasteiger partial charge in [-0.3, -0.25) is 0 Å². The molecule has 0 aliphatic carbocycles. The van der Waals surface area contributed by atoms with Crippen LogP contribution in [0.1, 0.15) is 33.5 Å². The fraction of sp³-hybridized carbons (Fsp3) is 0.238. The Morgan fingerprint density at radius 2 is 1.84 bits per heavy atom. The van der Waals surface area contributed by atoms with E-state index in [1.54, 1.807) is 13.0 Å². The van der Waals surface area contributed by atoms with Gasteiger partial charge in [-0.05, 0) is 0 Å². The van der Waals surface area contributed by atoms with Gasteiger partial charge in [0, 0.05) is 0 Å². The summed E-state index contributed by atoms with van der Waals surface area (Å²) in [6.45, 7) is 1.09. The Labute approximate surface area is 214 Å². The SMILES string of the molecule is Cc1ccc2c(c1)/C(=C/C(N)=O)C(F)(F)CCN2C(=O)c1cc[c]([Rb])cc1C(F)(F)F. The van der Waals surface area contributed by atoms with Gasteiger partial charge in [0.2, 0.25) is 0 Å². The number of halogens is 5. The Morgan fingerprint density at radius 3 is 2.45 bits per heavy atom. The number of carbonyl (C=O) groups is 2. The van der Waals surface area contributed by atoms with Gasteiger partial charge in [0.1, 0.15) is 0 Å². The molecule has 0 bridgehead atoms. The van der Waals surface area contributed by atoms with E-state index >= 15 is 0 Å². The van der Waals surface area contributed by atoms with E-state index in [2.05, 4.69) is 0 Å². The Balaban J connectivity index is 2.22. The van der Waals surface area contributed by atoms with E-state index in [1.165, 1.54) is 18.2 Å². The fourth-order valence-electron chi connectivity index (χ4n) is 3.57. The third-order valence-corrected chi connectivity index (χ3v) is 6.55. The van der Waals surface area contributed by atoms with Crippen molar-refractivity contribution in [3.63, 3.8) is 0 Å². The van der Waals surface area contributed by atoms with Gasteiger partial charge >= 0.3 is 216 Å². The third-order valence-electron chi connectivity index (χ3n) is 5.02. The standard InChI is InChI=1S/C21H16F5N2O2.Rb/c1-12-6-7-17-14(10-12)16(11-18(27)29)20(22,23)8-9-28(17)19(30)13-4-2-3-5-15(13)21(24,25)26;/h2,4-7,10-11H,8-9H2,1H3,(H2,27,29);/b16-11-;. The molecule has 0 aromatic heterocycles. The van der Waals surface area contributed by atoms with Crippen molar-refractivity contribution in [3.05, 3.63) is 64.7 Å².